The third kappa shape index (κ3) is 5.05. The van der Waals surface area contributed by atoms with Crippen LogP contribution in [0, 0.1) is 5.92 Å². The Kier molecular flexibility index (Phi) is 7.02. The molecule has 1 aromatic carbocycles. The zero-order chi connectivity index (χ0) is 23.8. The zero-order valence-corrected chi connectivity index (χ0v) is 20.8. The predicted molar refractivity (Wildman–Crippen MR) is 130 cm³/mol. The molecule has 2 aromatic rings. The van der Waals surface area contributed by atoms with Gasteiger partial charge in [0.05, 0.1) is 23.2 Å². The van der Waals surface area contributed by atoms with Crippen LogP contribution in [0.1, 0.15) is 40.0 Å². The van der Waals surface area contributed by atoms with Crippen molar-refractivity contribution in [2.24, 2.45) is 5.92 Å². The maximum Gasteiger partial charge on any atom is 0.316 e. The molecule has 0 amide bonds. The second-order valence-corrected chi connectivity index (χ2v) is 12.1. The van der Waals surface area contributed by atoms with Crippen LogP contribution in [-0.4, -0.2) is 60.0 Å². The third-order valence-electron chi connectivity index (χ3n) is 6.43. The lowest BCUT2D eigenvalue weighted by Crippen LogP contribution is -2.50. The van der Waals surface area contributed by atoms with Gasteiger partial charge in [0.25, 0.3) is 0 Å². The van der Waals surface area contributed by atoms with Gasteiger partial charge in [0.2, 0.25) is 15.8 Å². The maximum atomic E-state index is 13.5. The predicted octanol–water partition coefficient (Wildman–Crippen LogP) is 3.31. The largest absolute Gasteiger partial charge is 0.483 e. The highest BCUT2D eigenvalue weighted by Gasteiger charge is 2.32. The van der Waals surface area contributed by atoms with Crippen molar-refractivity contribution in [1.29, 1.82) is 0 Å². The Hall–Kier alpha value is -2.10. The molecule has 2 fully saturated rings. The minimum Gasteiger partial charge on any atom is -0.483 e. The highest BCUT2D eigenvalue weighted by atomic mass is 35.5. The van der Waals surface area contributed by atoms with Gasteiger partial charge >= 0.3 is 5.56 Å². The minimum atomic E-state index is -3.31. The Morgan fingerprint density at radius 1 is 1.15 bits per heavy atom. The molecule has 8 nitrogen and oxygen atoms in total. The fourth-order valence-corrected chi connectivity index (χ4v) is 5.92. The number of hydrogen-bond acceptors (Lipinski definition) is 6. The molecule has 2 heterocycles. The molecule has 0 N–H and O–H groups in total. The number of halogens is 1. The number of benzene rings is 1. The van der Waals surface area contributed by atoms with E-state index in [4.69, 9.17) is 16.3 Å². The van der Waals surface area contributed by atoms with E-state index >= 15 is 0 Å². The Labute approximate surface area is 200 Å². The SMILES string of the molecule is CC1CCC(Oc2c(N3CCN(S(=O)(=O)C(C)C)CC3)cnn(-c3cccc(Cl)c3)c2=O)C1. The average molecular weight is 495 g/mol. The summed E-state index contributed by atoms with van der Waals surface area (Å²) in [5, 5.41) is 4.45. The van der Waals surface area contributed by atoms with E-state index in [0.29, 0.717) is 48.5 Å². The first-order chi connectivity index (χ1) is 15.7. The Bertz CT molecular complexity index is 1160. The second kappa shape index (κ2) is 9.64. The normalized spacial score (nSPS) is 22.2. The number of piperazine rings is 1. The molecule has 2 atom stereocenters. The van der Waals surface area contributed by atoms with Gasteiger partial charge in [-0.15, -0.1) is 0 Å². The Morgan fingerprint density at radius 2 is 1.88 bits per heavy atom. The van der Waals surface area contributed by atoms with Crippen LogP contribution in [0.25, 0.3) is 5.69 Å². The van der Waals surface area contributed by atoms with Gasteiger partial charge in [0.15, 0.2) is 0 Å². The molecule has 1 aliphatic carbocycles. The molecule has 0 bridgehead atoms. The highest BCUT2D eigenvalue weighted by molar-refractivity contribution is 7.89. The lowest BCUT2D eigenvalue weighted by atomic mass is 10.1. The first-order valence-electron chi connectivity index (χ1n) is 11.5. The summed E-state index contributed by atoms with van der Waals surface area (Å²) in [5.74, 6) is 0.824. The number of anilines is 1. The van der Waals surface area contributed by atoms with Crippen molar-refractivity contribution in [2.75, 3.05) is 31.1 Å². The average Bonchev–Trinajstić information content (AvgIpc) is 3.19. The number of aromatic nitrogens is 2. The molecule has 1 aromatic heterocycles. The molecule has 33 heavy (non-hydrogen) atoms. The van der Waals surface area contributed by atoms with Crippen molar-refractivity contribution < 1.29 is 13.2 Å². The number of rotatable bonds is 6. The first-order valence-corrected chi connectivity index (χ1v) is 13.3. The molecule has 4 rings (SSSR count). The summed E-state index contributed by atoms with van der Waals surface area (Å²) < 4.78 is 34.2. The van der Waals surface area contributed by atoms with E-state index in [1.54, 1.807) is 44.3 Å². The Morgan fingerprint density at radius 3 is 2.48 bits per heavy atom. The summed E-state index contributed by atoms with van der Waals surface area (Å²) in [6, 6.07) is 6.98. The van der Waals surface area contributed by atoms with E-state index in [1.807, 2.05) is 4.90 Å². The molecule has 10 heteroatoms. The van der Waals surface area contributed by atoms with Crippen molar-refractivity contribution in [3.63, 3.8) is 0 Å². The molecule has 1 saturated heterocycles. The molecular formula is C23H31ClN4O4S. The van der Waals surface area contributed by atoms with Crippen LogP contribution < -0.4 is 15.2 Å². The zero-order valence-electron chi connectivity index (χ0n) is 19.3. The standard InChI is InChI=1S/C23H31ClN4O4S/c1-16(2)33(30,31)27-11-9-26(10-12-27)21-15-25-28(19-6-4-5-18(24)14-19)23(29)22(21)32-20-8-7-17(3)13-20/h4-6,14-17,20H,7-13H2,1-3H3. The van der Waals surface area contributed by atoms with E-state index in [1.165, 1.54) is 8.99 Å². The summed E-state index contributed by atoms with van der Waals surface area (Å²) in [5.41, 5.74) is 0.836. The van der Waals surface area contributed by atoms with E-state index in [2.05, 4.69) is 12.0 Å². The van der Waals surface area contributed by atoms with E-state index in [9.17, 15) is 13.2 Å². The number of ether oxygens (including phenoxy) is 1. The van der Waals surface area contributed by atoms with Gasteiger partial charge < -0.3 is 9.64 Å². The van der Waals surface area contributed by atoms with E-state index in [0.717, 1.165) is 19.3 Å². The number of nitrogens with zero attached hydrogens (tertiary/aromatic N) is 4. The van der Waals surface area contributed by atoms with E-state index < -0.39 is 15.3 Å². The molecule has 0 radical (unpaired) electrons. The van der Waals surface area contributed by atoms with Crippen molar-refractivity contribution in [1.82, 2.24) is 14.1 Å². The van der Waals surface area contributed by atoms with Crippen LogP contribution in [0.3, 0.4) is 0 Å². The fourth-order valence-electron chi connectivity index (χ4n) is 4.47. The van der Waals surface area contributed by atoms with Gasteiger partial charge in [-0.05, 0) is 57.2 Å². The van der Waals surface area contributed by atoms with Crippen LogP contribution >= 0.6 is 11.6 Å². The van der Waals surface area contributed by atoms with Crippen LogP contribution in [0.5, 0.6) is 5.75 Å². The van der Waals surface area contributed by atoms with Crippen molar-refractivity contribution in [2.45, 2.75) is 51.4 Å². The van der Waals surface area contributed by atoms with Gasteiger partial charge in [0, 0.05) is 31.2 Å². The topological polar surface area (TPSA) is 84.7 Å². The van der Waals surface area contributed by atoms with Crippen LogP contribution in [-0.2, 0) is 10.0 Å². The third-order valence-corrected chi connectivity index (χ3v) is 8.95. The molecule has 0 spiro atoms. The molecule has 1 saturated carbocycles. The fraction of sp³-hybridized carbons (Fsp3) is 0.565. The van der Waals surface area contributed by atoms with Gasteiger partial charge in [0.1, 0.15) is 5.69 Å². The minimum absolute atomic E-state index is 0.0238. The lowest BCUT2D eigenvalue weighted by molar-refractivity contribution is 0.201. The van der Waals surface area contributed by atoms with E-state index in [-0.39, 0.29) is 17.4 Å². The van der Waals surface area contributed by atoms with Crippen molar-refractivity contribution in [3.8, 4) is 11.4 Å². The molecule has 180 valence electrons. The molecule has 2 aliphatic rings. The first kappa shape index (κ1) is 24.0. The maximum absolute atomic E-state index is 13.5. The monoisotopic (exact) mass is 494 g/mol. The summed E-state index contributed by atoms with van der Waals surface area (Å²) in [4.78, 5) is 15.5. The number of sulfonamides is 1. The van der Waals surface area contributed by atoms with Crippen LogP contribution in [0.15, 0.2) is 35.3 Å². The lowest BCUT2D eigenvalue weighted by Gasteiger charge is -2.36. The summed E-state index contributed by atoms with van der Waals surface area (Å²) in [6.45, 7) is 7.22. The van der Waals surface area contributed by atoms with Gasteiger partial charge in [-0.1, -0.05) is 24.6 Å². The Balaban J connectivity index is 1.66. The van der Waals surface area contributed by atoms with Gasteiger partial charge in [-0.3, -0.25) is 4.79 Å². The highest BCUT2D eigenvalue weighted by Crippen LogP contribution is 2.32. The van der Waals surface area contributed by atoms with Gasteiger partial charge in [-0.25, -0.2) is 8.42 Å². The van der Waals surface area contributed by atoms with Crippen molar-refractivity contribution >= 4 is 27.3 Å². The molecule has 2 unspecified atom stereocenters. The molecular weight excluding hydrogens is 464 g/mol. The summed E-state index contributed by atoms with van der Waals surface area (Å²) in [6.07, 6.45) is 4.49. The molecule has 1 aliphatic heterocycles. The van der Waals surface area contributed by atoms with Crippen molar-refractivity contribution in [3.05, 3.63) is 45.8 Å². The summed E-state index contributed by atoms with van der Waals surface area (Å²) >= 11 is 6.13. The van der Waals surface area contributed by atoms with Gasteiger partial charge in [-0.2, -0.15) is 14.1 Å². The van der Waals surface area contributed by atoms with Crippen LogP contribution in [0.4, 0.5) is 5.69 Å². The second-order valence-electron chi connectivity index (χ2n) is 9.19. The quantitative estimate of drug-likeness (QED) is 0.612. The van der Waals surface area contributed by atoms with Crippen LogP contribution in [0.2, 0.25) is 5.02 Å². The number of hydrogen-bond donors (Lipinski definition) is 0. The summed E-state index contributed by atoms with van der Waals surface area (Å²) in [7, 11) is -3.31. The smallest absolute Gasteiger partial charge is 0.316 e.